The van der Waals surface area contributed by atoms with Crippen molar-refractivity contribution >= 4 is 23.4 Å². The first-order valence-corrected chi connectivity index (χ1v) is 10.4. The van der Waals surface area contributed by atoms with E-state index in [4.69, 9.17) is 9.47 Å². The minimum Gasteiger partial charge on any atom is -0.497 e. The number of nitrogens with one attached hydrogen (secondary N) is 1. The van der Waals surface area contributed by atoms with Gasteiger partial charge in [0.25, 0.3) is 0 Å². The Hall–Kier alpha value is -3.00. The van der Waals surface area contributed by atoms with Crippen LogP contribution in [-0.4, -0.2) is 40.1 Å². The van der Waals surface area contributed by atoms with E-state index in [1.54, 1.807) is 7.11 Å². The predicted molar refractivity (Wildman–Crippen MR) is 115 cm³/mol. The van der Waals surface area contributed by atoms with Crippen molar-refractivity contribution in [3.05, 3.63) is 48.5 Å². The summed E-state index contributed by atoms with van der Waals surface area (Å²) in [5, 5.41) is 12.2. The number of ether oxygens (including phenoxy) is 2. The van der Waals surface area contributed by atoms with Crippen LogP contribution in [-0.2, 0) is 11.3 Å². The lowest BCUT2D eigenvalue weighted by molar-refractivity contribution is -0.113. The van der Waals surface area contributed by atoms with Crippen molar-refractivity contribution in [3.63, 3.8) is 0 Å². The average Bonchev–Trinajstić information content (AvgIpc) is 3.17. The Balaban J connectivity index is 1.68. The number of para-hydroxylation sites is 2. The van der Waals surface area contributed by atoms with Crippen LogP contribution in [0.1, 0.15) is 13.8 Å². The molecule has 0 saturated heterocycles. The third-order valence-corrected chi connectivity index (χ3v) is 5.14. The highest BCUT2D eigenvalue weighted by atomic mass is 32.2. The number of methoxy groups -OCH3 is 1. The smallest absolute Gasteiger partial charge is 0.234 e. The Kier molecular flexibility index (Phi) is 7.13. The maximum atomic E-state index is 12.4. The predicted octanol–water partition coefficient (Wildman–Crippen LogP) is 4.10. The van der Waals surface area contributed by atoms with Crippen LogP contribution in [0.25, 0.3) is 11.4 Å². The highest BCUT2D eigenvalue weighted by Gasteiger charge is 2.15. The third kappa shape index (κ3) is 5.08. The summed E-state index contributed by atoms with van der Waals surface area (Å²) in [6.07, 6.45) is 0. The molecule has 152 valence electrons. The van der Waals surface area contributed by atoms with Gasteiger partial charge < -0.3 is 19.4 Å². The fourth-order valence-corrected chi connectivity index (χ4v) is 3.60. The van der Waals surface area contributed by atoms with Crippen LogP contribution in [0.5, 0.6) is 11.5 Å². The monoisotopic (exact) mass is 412 g/mol. The maximum absolute atomic E-state index is 12.4. The zero-order valence-electron chi connectivity index (χ0n) is 16.7. The quantitative estimate of drug-likeness (QED) is 0.533. The Labute approximate surface area is 174 Å². The summed E-state index contributed by atoms with van der Waals surface area (Å²) in [5.74, 6) is 2.31. The SMILES string of the molecule is CCOc1ccccc1NC(=O)CSc1nnc(-c2ccc(OC)cc2)n1CC. The van der Waals surface area contributed by atoms with Crippen molar-refractivity contribution in [2.24, 2.45) is 0 Å². The first-order valence-electron chi connectivity index (χ1n) is 9.38. The van der Waals surface area contributed by atoms with Crippen LogP contribution in [0.4, 0.5) is 5.69 Å². The second-order valence-electron chi connectivity index (χ2n) is 6.04. The van der Waals surface area contributed by atoms with E-state index in [-0.39, 0.29) is 11.7 Å². The Morgan fingerprint density at radius 1 is 1.10 bits per heavy atom. The van der Waals surface area contributed by atoms with Crippen molar-refractivity contribution in [2.45, 2.75) is 25.5 Å². The van der Waals surface area contributed by atoms with Crippen LogP contribution in [0, 0.1) is 0 Å². The van der Waals surface area contributed by atoms with Crippen LogP contribution >= 0.6 is 11.8 Å². The molecule has 0 radical (unpaired) electrons. The number of amides is 1. The van der Waals surface area contributed by atoms with Gasteiger partial charge in [-0.2, -0.15) is 0 Å². The fraction of sp³-hybridized carbons (Fsp3) is 0.286. The number of benzene rings is 2. The average molecular weight is 413 g/mol. The van der Waals surface area contributed by atoms with Crippen molar-refractivity contribution in [1.29, 1.82) is 0 Å². The Morgan fingerprint density at radius 2 is 1.86 bits per heavy atom. The zero-order valence-corrected chi connectivity index (χ0v) is 17.5. The Morgan fingerprint density at radius 3 is 2.55 bits per heavy atom. The highest BCUT2D eigenvalue weighted by Crippen LogP contribution is 2.27. The standard InChI is InChI=1S/C21H24N4O3S/c1-4-25-20(15-10-12-16(27-3)13-11-15)23-24-21(25)29-14-19(26)22-17-8-6-7-9-18(17)28-5-2/h6-13H,4-5,14H2,1-3H3,(H,22,26). The topological polar surface area (TPSA) is 78.3 Å². The molecule has 2 aromatic carbocycles. The molecule has 8 heteroatoms. The van der Waals surface area contributed by atoms with E-state index in [0.717, 1.165) is 17.1 Å². The van der Waals surface area contributed by atoms with Gasteiger partial charge in [-0.3, -0.25) is 4.79 Å². The van der Waals surface area contributed by atoms with E-state index in [9.17, 15) is 4.79 Å². The molecule has 0 unspecified atom stereocenters. The second-order valence-corrected chi connectivity index (χ2v) is 6.99. The molecule has 0 aliphatic carbocycles. The normalized spacial score (nSPS) is 10.6. The van der Waals surface area contributed by atoms with Gasteiger partial charge in [-0.05, 0) is 50.2 Å². The lowest BCUT2D eigenvalue weighted by Gasteiger charge is -2.11. The number of anilines is 1. The lowest BCUT2D eigenvalue weighted by Crippen LogP contribution is -2.15. The summed E-state index contributed by atoms with van der Waals surface area (Å²) >= 11 is 1.35. The summed E-state index contributed by atoms with van der Waals surface area (Å²) in [4.78, 5) is 12.4. The van der Waals surface area contributed by atoms with Gasteiger partial charge in [-0.1, -0.05) is 23.9 Å². The summed E-state index contributed by atoms with van der Waals surface area (Å²) < 4.78 is 12.7. The first-order chi connectivity index (χ1) is 14.2. The molecule has 0 fully saturated rings. The van der Waals surface area contributed by atoms with Crippen molar-refractivity contribution in [2.75, 3.05) is 24.8 Å². The number of thioether (sulfide) groups is 1. The van der Waals surface area contributed by atoms with Crippen molar-refractivity contribution in [3.8, 4) is 22.9 Å². The van der Waals surface area contributed by atoms with Crippen LogP contribution < -0.4 is 14.8 Å². The van der Waals surface area contributed by atoms with Gasteiger partial charge in [0.1, 0.15) is 11.5 Å². The van der Waals surface area contributed by atoms with Gasteiger partial charge in [0, 0.05) is 12.1 Å². The number of carbonyl (C=O) groups is 1. The van der Waals surface area contributed by atoms with Gasteiger partial charge in [-0.25, -0.2) is 0 Å². The largest absolute Gasteiger partial charge is 0.497 e. The molecule has 1 aromatic heterocycles. The summed E-state index contributed by atoms with van der Waals surface area (Å²) in [6, 6.07) is 15.1. The van der Waals surface area contributed by atoms with E-state index < -0.39 is 0 Å². The number of aromatic nitrogens is 3. The van der Waals surface area contributed by atoms with Crippen LogP contribution in [0.15, 0.2) is 53.7 Å². The van der Waals surface area contributed by atoms with Crippen LogP contribution in [0.2, 0.25) is 0 Å². The van der Waals surface area contributed by atoms with Gasteiger partial charge in [-0.15, -0.1) is 10.2 Å². The minimum atomic E-state index is -0.126. The maximum Gasteiger partial charge on any atom is 0.234 e. The van der Waals surface area contributed by atoms with Crippen LogP contribution in [0.3, 0.4) is 0 Å². The summed E-state index contributed by atoms with van der Waals surface area (Å²) in [7, 11) is 1.64. The molecule has 0 atom stereocenters. The molecule has 1 amide bonds. The molecule has 0 aliphatic heterocycles. The number of hydrogen-bond donors (Lipinski definition) is 1. The highest BCUT2D eigenvalue weighted by molar-refractivity contribution is 7.99. The van der Waals surface area contributed by atoms with Gasteiger partial charge in [0.05, 0.1) is 25.2 Å². The number of nitrogens with zero attached hydrogens (tertiary/aromatic N) is 3. The molecule has 1 heterocycles. The van der Waals surface area contributed by atoms with Gasteiger partial charge >= 0.3 is 0 Å². The van der Waals surface area contributed by atoms with Gasteiger partial charge in [0.2, 0.25) is 5.91 Å². The van der Waals surface area contributed by atoms with E-state index in [2.05, 4.69) is 15.5 Å². The zero-order chi connectivity index (χ0) is 20.6. The number of rotatable bonds is 9. The van der Waals surface area contributed by atoms with E-state index in [0.29, 0.717) is 29.7 Å². The molecule has 0 aliphatic rings. The molecule has 3 rings (SSSR count). The molecule has 7 nitrogen and oxygen atoms in total. The molecular formula is C21H24N4O3S. The second kappa shape index (κ2) is 9.97. The molecular weight excluding hydrogens is 388 g/mol. The number of hydrogen-bond acceptors (Lipinski definition) is 6. The molecule has 0 bridgehead atoms. The summed E-state index contributed by atoms with van der Waals surface area (Å²) in [6.45, 7) is 5.17. The van der Waals surface area contributed by atoms with E-state index >= 15 is 0 Å². The minimum absolute atomic E-state index is 0.126. The van der Waals surface area contributed by atoms with Gasteiger partial charge in [0.15, 0.2) is 11.0 Å². The molecule has 1 N–H and O–H groups in total. The third-order valence-electron chi connectivity index (χ3n) is 4.17. The fourth-order valence-electron chi connectivity index (χ4n) is 2.80. The first kappa shape index (κ1) is 20.7. The van der Waals surface area contributed by atoms with E-state index in [1.165, 1.54) is 11.8 Å². The Bertz CT molecular complexity index is 957. The number of carbonyl (C=O) groups excluding carboxylic acids is 1. The van der Waals surface area contributed by atoms with E-state index in [1.807, 2.05) is 66.9 Å². The molecule has 0 spiro atoms. The molecule has 29 heavy (non-hydrogen) atoms. The lowest BCUT2D eigenvalue weighted by atomic mass is 10.2. The summed E-state index contributed by atoms with van der Waals surface area (Å²) in [5.41, 5.74) is 1.61. The molecule has 0 saturated carbocycles. The van der Waals surface area contributed by atoms with Crippen molar-refractivity contribution in [1.82, 2.24) is 14.8 Å². The molecule has 3 aromatic rings. The van der Waals surface area contributed by atoms with Crippen molar-refractivity contribution < 1.29 is 14.3 Å².